The zero-order valence-corrected chi connectivity index (χ0v) is 12.2. The summed E-state index contributed by atoms with van der Waals surface area (Å²) in [7, 11) is 2.21. The number of H-pyrrole nitrogens is 1. The smallest absolute Gasteiger partial charge is 0.253 e. The Morgan fingerprint density at radius 1 is 1.33 bits per heavy atom. The van der Waals surface area contributed by atoms with Gasteiger partial charge in [0.25, 0.3) is 5.91 Å². The van der Waals surface area contributed by atoms with Gasteiger partial charge in [0.1, 0.15) is 0 Å². The third-order valence-electron chi connectivity index (χ3n) is 5.15. The minimum Gasteiger partial charge on any atom is -0.349 e. The van der Waals surface area contributed by atoms with E-state index < -0.39 is 0 Å². The first-order valence-corrected chi connectivity index (χ1v) is 7.67. The number of benzene rings is 1. The quantitative estimate of drug-likeness (QED) is 0.885. The predicted molar refractivity (Wildman–Crippen MR) is 81.2 cm³/mol. The second-order valence-corrected chi connectivity index (χ2v) is 6.33. The van der Waals surface area contributed by atoms with Crippen molar-refractivity contribution in [2.75, 3.05) is 7.05 Å². The van der Waals surface area contributed by atoms with Crippen molar-refractivity contribution in [3.05, 3.63) is 30.0 Å². The maximum Gasteiger partial charge on any atom is 0.253 e. The molecule has 0 radical (unpaired) electrons. The molecule has 2 aromatic rings. The van der Waals surface area contributed by atoms with Crippen LogP contribution in [-0.4, -0.2) is 46.2 Å². The molecule has 2 aliphatic rings. The third-order valence-corrected chi connectivity index (χ3v) is 5.15. The van der Waals surface area contributed by atoms with Crippen LogP contribution in [0, 0.1) is 0 Å². The van der Waals surface area contributed by atoms with E-state index in [4.69, 9.17) is 0 Å². The Labute approximate surface area is 123 Å². The molecule has 2 fully saturated rings. The number of hydrogen-bond donors (Lipinski definition) is 2. The van der Waals surface area contributed by atoms with Crippen molar-refractivity contribution < 1.29 is 4.79 Å². The standard InChI is InChI=1S/C16H20N4O/c1-20-12-5-6-13(20)8-11(7-12)18-16(21)14-4-2-3-10-9-17-19-15(10)14/h2-4,9,11-13H,5-8H2,1H3,(H,17,19)(H,18,21). The van der Waals surface area contributed by atoms with Crippen molar-refractivity contribution in [1.82, 2.24) is 20.4 Å². The first-order chi connectivity index (χ1) is 10.2. The van der Waals surface area contributed by atoms with Gasteiger partial charge in [-0.05, 0) is 38.8 Å². The second-order valence-electron chi connectivity index (χ2n) is 6.33. The molecule has 1 amide bonds. The van der Waals surface area contributed by atoms with Crippen molar-refractivity contribution in [2.45, 2.75) is 43.8 Å². The highest BCUT2D eigenvalue weighted by molar-refractivity contribution is 6.05. The summed E-state index contributed by atoms with van der Waals surface area (Å²) in [6, 6.07) is 7.30. The summed E-state index contributed by atoms with van der Waals surface area (Å²) in [5.74, 6) is 0.0128. The molecule has 2 bridgehead atoms. The zero-order chi connectivity index (χ0) is 14.4. The fourth-order valence-electron chi connectivity index (χ4n) is 3.95. The lowest BCUT2D eigenvalue weighted by molar-refractivity contribution is 0.0884. The summed E-state index contributed by atoms with van der Waals surface area (Å²) in [6.07, 6.45) is 6.42. The van der Waals surface area contributed by atoms with E-state index in [9.17, 15) is 4.79 Å². The monoisotopic (exact) mass is 284 g/mol. The van der Waals surface area contributed by atoms with Crippen LogP contribution in [0.4, 0.5) is 0 Å². The van der Waals surface area contributed by atoms with E-state index in [1.807, 2.05) is 18.2 Å². The molecule has 21 heavy (non-hydrogen) atoms. The topological polar surface area (TPSA) is 61.0 Å². The van der Waals surface area contributed by atoms with Gasteiger partial charge in [-0.15, -0.1) is 0 Å². The summed E-state index contributed by atoms with van der Waals surface area (Å²) in [5.41, 5.74) is 1.52. The number of amides is 1. The normalized spacial score (nSPS) is 28.9. The number of aromatic amines is 1. The number of rotatable bonds is 2. The molecule has 0 saturated carbocycles. The molecule has 2 atom stereocenters. The molecule has 110 valence electrons. The van der Waals surface area contributed by atoms with E-state index in [1.165, 1.54) is 12.8 Å². The van der Waals surface area contributed by atoms with Gasteiger partial charge in [0.15, 0.2) is 0 Å². The van der Waals surface area contributed by atoms with Crippen LogP contribution in [0.3, 0.4) is 0 Å². The number of nitrogens with zero attached hydrogens (tertiary/aromatic N) is 2. The van der Waals surface area contributed by atoms with Crippen molar-refractivity contribution in [2.24, 2.45) is 0 Å². The van der Waals surface area contributed by atoms with Crippen LogP contribution >= 0.6 is 0 Å². The van der Waals surface area contributed by atoms with E-state index in [1.54, 1.807) is 6.20 Å². The lowest BCUT2D eigenvalue weighted by Gasteiger charge is -2.36. The summed E-state index contributed by atoms with van der Waals surface area (Å²) in [6.45, 7) is 0. The number of nitrogens with one attached hydrogen (secondary N) is 2. The number of piperidine rings is 1. The van der Waals surface area contributed by atoms with Gasteiger partial charge in [-0.3, -0.25) is 9.89 Å². The van der Waals surface area contributed by atoms with Crippen LogP contribution < -0.4 is 5.32 Å². The fourth-order valence-corrected chi connectivity index (χ4v) is 3.95. The van der Waals surface area contributed by atoms with Crippen LogP contribution in [0.25, 0.3) is 10.9 Å². The average Bonchev–Trinajstić information content (AvgIpc) is 3.01. The number of para-hydroxylation sites is 1. The first kappa shape index (κ1) is 12.8. The van der Waals surface area contributed by atoms with Crippen LogP contribution in [0.2, 0.25) is 0 Å². The molecule has 2 saturated heterocycles. The Morgan fingerprint density at radius 2 is 2.10 bits per heavy atom. The Kier molecular flexibility index (Phi) is 2.96. The Bertz CT molecular complexity index is 666. The van der Waals surface area contributed by atoms with Crippen molar-refractivity contribution in [3.8, 4) is 0 Å². The van der Waals surface area contributed by atoms with Crippen molar-refractivity contribution >= 4 is 16.8 Å². The van der Waals surface area contributed by atoms with Gasteiger partial charge in [-0.1, -0.05) is 12.1 Å². The van der Waals surface area contributed by atoms with E-state index in [0.717, 1.165) is 23.7 Å². The summed E-state index contributed by atoms with van der Waals surface area (Å²) in [5, 5.41) is 11.2. The Hall–Kier alpha value is -1.88. The molecule has 1 aromatic heterocycles. The molecular formula is C16H20N4O. The summed E-state index contributed by atoms with van der Waals surface area (Å²) >= 11 is 0. The first-order valence-electron chi connectivity index (χ1n) is 7.67. The molecule has 5 nitrogen and oxygen atoms in total. The van der Waals surface area contributed by atoms with E-state index in [2.05, 4.69) is 27.5 Å². The number of aromatic nitrogens is 2. The molecule has 2 unspecified atom stereocenters. The average molecular weight is 284 g/mol. The number of fused-ring (bicyclic) bond motifs is 3. The molecule has 2 aliphatic heterocycles. The van der Waals surface area contributed by atoms with E-state index in [-0.39, 0.29) is 5.91 Å². The van der Waals surface area contributed by atoms with Gasteiger partial charge < -0.3 is 10.2 Å². The zero-order valence-electron chi connectivity index (χ0n) is 12.2. The maximum absolute atomic E-state index is 12.6. The van der Waals surface area contributed by atoms with E-state index >= 15 is 0 Å². The van der Waals surface area contributed by atoms with Crippen molar-refractivity contribution in [1.29, 1.82) is 0 Å². The van der Waals surface area contributed by atoms with Crippen LogP contribution in [0.1, 0.15) is 36.0 Å². The van der Waals surface area contributed by atoms with Crippen LogP contribution in [-0.2, 0) is 0 Å². The van der Waals surface area contributed by atoms with Crippen LogP contribution in [0.15, 0.2) is 24.4 Å². The summed E-state index contributed by atoms with van der Waals surface area (Å²) < 4.78 is 0. The highest BCUT2D eigenvalue weighted by atomic mass is 16.1. The highest BCUT2D eigenvalue weighted by Crippen LogP contribution is 2.34. The summed E-state index contributed by atoms with van der Waals surface area (Å²) in [4.78, 5) is 15.1. The van der Waals surface area contributed by atoms with Crippen LogP contribution in [0.5, 0.6) is 0 Å². The molecule has 0 spiro atoms. The molecular weight excluding hydrogens is 264 g/mol. The van der Waals surface area contributed by atoms with Crippen molar-refractivity contribution in [3.63, 3.8) is 0 Å². The van der Waals surface area contributed by atoms with Gasteiger partial charge in [0.2, 0.25) is 0 Å². The minimum atomic E-state index is 0.0128. The molecule has 3 heterocycles. The lowest BCUT2D eigenvalue weighted by Crippen LogP contribution is -2.48. The molecule has 5 heteroatoms. The van der Waals surface area contributed by atoms with Gasteiger partial charge in [-0.2, -0.15) is 5.10 Å². The van der Waals surface area contributed by atoms with Gasteiger partial charge >= 0.3 is 0 Å². The number of carbonyl (C=O) groups is 1. The maximum atomic E-state index is 12.6. The third kappa shape index (κ3) is 2.12. The number of carbonyl (C=O) groups excluding carboxylic acids is 1. The van der Waals surface area contributed by atoms with E-state index in [0.29, 0.717) is 23.7 Å². The number of hydrogen-bond acceptors (Lipinski definition) is 3. The lowest BCUT2D eigenvalue weighted by atomic mass is 9.97. The van der Waals surface area contributed by atoms with Gasteiger partial charge in [0, 0.05) is 23.5 Å². The Balaban J connectivity index is 1.53. The minimum absolute atomic E-state index is 0.0128. The second kappa shape index (κ2) is 4.84. The fraction of sp³-hybridized carbons (Fsp3) is 0.500. The van der Waals surface area contributed by atoms with Gasteiger partial charge in [-0.25, -0.2) is 0 Å². The molecule has 4 rings (SSSR count). The Morgan fingerprint density at radius 3 is 2.86 bits per heavy atom. The highest BCUT2D eigenvalue weighted by Gasteiger charge is 2.38. The molecule has 2 N–H and O–H groups in total. The molecule has 0 aliphatic carbocycles. The largest absolute Gasteiger partial charge is 0.349 e. The SMILES string of the molecule is CN1C2CCC1CC(NC(=O)c1cccc3cn[nH]c13)C2. The predicted octanol–water partition coefficient (Wildman–Crippen LogP) is 1.92. The molecule has 1 aromatic carbocycles. The van der Waals surface area contributed by atoms with Gasteiger partial charge in [0.05, 0.1) is 17.3 Å².